The summed E-state index contributed by atoms with van der Waals surface area (Å²) in [7, 11) is 0. The Hall–Kier alpha value is -1.39. The summed E-state index contributed by atoms with van der Waals surface area (Å²) in [6.45, 7) is 0.630. The summed E-state index contributed by atoms with van der Waals surface area (Å²) in [6.07, 6.45) is 0.850. The third-order valence-corrected chi connectivity index (χ3v) is 3.09. The van der Waals surface area contributed by atoms with Gasteiger partial charge in [0.1, 0.15) is 17.3 Å². The number of ether oxygens (including phenoxy) is 1. The lowest BCUT2D eigenvalue weighted by Gasteiger charge is -2.07. The zero-order valence-corrected chi connectivity index (χ0v) is 11.3. The summed E-state index contributed by atoms with van der Waals surface area (Å²) >= 11 is 3.12. The normalized spacial score (nSPS) is 10.4. The van der Waals surface area contributed by atoms with Crippen LogP contribution in [0, 0.1) is 5.82 Å². The van der Waals surface area contributed by atoms with Crippen LogP contribution in [-0.4, -0.2) is 6.54 Å². The van der Waals surface area contributed by atoms with Crippen molar-refractivity contribution in [1.82, 2.24) is 0 Å². The van der Waals surface area contributed by atoms with E-state index in [-0.39, 0.29) is 5.82 Å². The van der Waals surface area contributed by atoms with Gasteiger partial charge in [0.2, 0.25) is 0 Å². The average molecular weight is 310 g/mol. The van der Waals surface area contributed by atoms with Gasteiger partial charge < -0.3 is 10.5 Å². The van der Waals surface area contributed by atoms with Gasteiger partial charge in [-0.1, -0.05) is 12.1 Å². The fraction of sp³-hybridized carbons (Fsp3) is 0.143. The minimum Gasteiger partial charge on any atom is -0.457 e. The zero-order valence-electron chi connectivity index (χ0n) is 9.70. The Bertz CT molecular complexity index is 528. The lowest BCUT2D eigenvalue weighted by atomic mass is 10.1. The monoisotopic (exact) mass is 309 g/mol. The van der Waals surface area contributed by atoms with Gasteiger partial charge in [0.05, 0.1) is 4.47 Å². The maximum absolute atomic E-state index is 13.1. The maximum Gasteiger partial charge on any atom is 0.137 e. The van der Waals surface area contributed by atoms with E-state index >= 15 is 0 Å². The summed E-state index contributed by atoms with van der Waals surface area (Å²) in [5.74, 6) is 1.00. The van der Waals surface area contributed by atoms with E-state index in [9.17, 15) is 4.39 Å². The second-order valence-electron chi connectivity index (χ2n) is 3.86. The average Bonchev–Trinajstić information content (AvgIpc) is 2.37. The van der Waals surface area contributed by atoms with E-state index in [0.717, 1.165) is 6.42 Å². The van der Waals surface area contributed by atoms with Crippen LogP contribution in [0.5, 0.6) is 11.5 Å². The third-order valence-electron chi connectivity index (χ3n) is 2.48. The highest BCUT2D eigenvalue weighted by molar-refractivity contribution is 9.10. The summed E-state index contributed by atoms with van der Waals surface area (Å²) in [6, 6.07) is 12.3. The molecule has 2 aromatic rings. The number of hydrogen-bond donors (Lipinski definition) is 1. The van der Waals surface area contributed by atoms with Crippen molar-refractivity contribution in [3.05, 3.63) is 58.3 Å². The van der Waals surface area contributed by atoms with Crippen molar-refractivity contribution in [1.29, 1.82) is 0 Å². The van der Waals surface area contributed by atoms with E-state index in [1.165, 1.54) is 11.6 Å². The molecule has 0 amide bonds. The fourth-order valence-electron chi connectivity index (χ4n) is 1.57. The smallest absolute Gasteiger partial charge is 0.137 e. The van der Waals surface area contributed by atoms with Gasteiger partial charge in [0.25, 0.3) is 0 Å². The molecule has 0 fully saturated rings. The van der Waals surface area contributed by atoms with Gasteiger partial charge >= 0.3 is 0 Å². The van der Waals surface area contributed by atoms with Crippen LogP contribution in [0.25, 0.3) is 0 Å². The van der Waals surface area contributed by atoms with Crippen LogP contribution in [0.1, 0.15) is 5.56 Å². The predicted molar refractivity (Wildman–Crippen MR) is 73.4 cm³/mol. The topological polar surface area (TPSA) is 35.2 Å². The SMILES string of the molecule is NCCc1ccc(Oc2ccc(F)c(Br)c2)cc1. The molecular weight excluding hydrogens is 297 g/mol. The lowest BCUT2D eigenvalue weighted by Crippen LogP contribution is -2.02. The van der Waals surface area contributed by atoms with E-state index in [4.69, 9.17) is 10.5 Å². The van der Waals surface area contributed by atoms with Gasteiger partial charge in [-0.05, 0) is 64.8 Å². The molecule has 0 bridgehead atoms. The lowest BCUT2D eigenvalue weighted by molar-refractivity contribution is 0.479. The summed E-state index contributed by atoms with van der Waals surface area (Å²) in [5, 5.41) is 0. The fourth-order valence-corrected chi connectivity index (χ4v) is 1.93. The molecule has 0 aliphatic heterocycles. The zero-order chi connectivity index (χ0) is 13.0. The molecule has 2 nitrogen and oxygen atoms in total. The van der Waals surface area contributed by atoms with Crippen LogP contribution < -0.4 is 10.5 Å². The first-order valence-corrected chi connectivity index (χ1v) is 6.40. The molecule has 0 atom stereocenters. The van der Waals surface area contributed by atoms with Crippen LogP contribution in [0.15, 0.2) is 46.9 Å². The van der Waals surface area contributed by atoms with Gasteiger partial charge in [-0.15, -0.1) is 0 Å². The molecule has 2 N–H and O–H groups in total. The molecule has 0 saturated heterocycles. The van der Waals surface area contributed by atoms with Crippen molar-refractivity contribution in [2.45, 2.75) is 6.42 Å². The van der Waals surface area contributed by atoms with Gasteiger partial charge in [0, 0.05) is 0 Å². The molecule has 0 saturated carbocycles. The summed E-state index contributed by atoms with van der Waals surface area (Å²) in [5.41, 5.74) is 6.65. The number of hydrogen-bond acceptors (Lipinski definition) is 2. The predicted octanol–water partition coefficient (Wildman–Crippen LogP) is 3.88. The van der Waals surface area contributed by atoms with Crippen LogP contribution in [0.3, 0.4) is 0 Å². The molecule has 0 heterocycles. The Morgan fingerprint density at radius 2 is 1.72 bits per heavy atom. The summed E-state index contributed by atoms with van der Waals surface area (Å²) in [4.78, 5) is 0. The highest BCUT2D eigenvalue weighted by Crippen LogP contribution is 2.26. The standard InChI is InChI=1S/C14H13BrFNO/c15-13-9-12(5-6-14(13)16)18-11-3-1-10(2-4-11)7-8-17/h1-6,9H,7-8,17H2. The molecule has 18 heavy (non-hydrogen) atoms. The number of nitrogens with two attached hydrogens (primary N) is 1. The second-order valence-corrected chi connectivity index (χ2v) is 4.71. The van der Waals surface area contributed by atoms with Crippen LogP contribution in [-0.2, 0) is 6.42 Å². The minimum absolute atomic E-state index is 0.305. The molecule has 0 aromatic heterocycles. The van der Waals surface area contributed by atoms with E-state index in [0.29, 0.717) is 22.5 Å². The van der Waals surface area contributed by atoms with E-state index in [1.54, 1.807) is 12.1 Å². The van der Waals surface area contributed by atoms with E-state index in [2.05, 4.69) is 15.9 Å². The van der Waals surface area contributed by atoms with Crippen LogP contribution in [0.2, 0.25) is 0 Å². The highest BCUT2D eigenvalue weighted by Gasteiger charge is 2.02. The summed E-state index contributed by atoms with van der Waals surface area (Å²) < 4.78 is 19.1. The van der Waals surface area contributed by atoms with E-state index in [1.807, 2.05) is 24.3 Å². The largest absolute Gasteiger partial charge is 0.457 e. The van der Waals surface area contributed by atoms with Gasteiger partial charge in [-0.25, -0.2) is 4.39 Å². The number of halogens is 2. The molecule has 0 unspecified atom stereocenters. The van der Waals surface area contributed by atoms with Gasteiger partial charge in [0.15, 0.2) is 0 Å². The third kappa shape index (κ3) is 3.31. The number of rotatable bonds is 4. The van der Waals surface area contributed by atoms with Crippen molar-refractivity contribution < 1.29 is 9.13 Å². The van der Waals surface area contributed by atoms with Crippen molar-refractivity contribution in [3.63, 3.8) is 0 Å². The molecule has 94 valence electrons. The number of benzene rings is 2. The molecule has 2 aromatic carbocycles. The Balaban J connectivity index is 2.10. The molecule has 0 aliphatic carbocycles. The minimum atomic E-state index is -0.305. The van der Waals surface area contributed by atoms with Crippen molar-refractivity contribution in [2.24, 2.45) is 5.73 Å². The second kappa shape index (κ2) is 5.98. The maximum atomic E-state index is 13.1. The highest BCUT2D eigenvalue weighted by atomic mass is 79.9. The molecule has 2 rings (SSSR count). The first-order valence-electron chi connectivity index (χ1n) is 5.61. The van der Waals surface area contributed by atoms with Gasteiger partial charge in [-0.2, -0.15) is 0 Å². The Kier molecular flexibility index (Phi) is 4.33. The van der Waals surface area contributed by atoms with Crippen LogP contribution in [0.4, 0.5) is 4.39 Å². The first kappa shape index (κ1) is 13.1. The molecule has 4 heteroatoms. The quantitative estimate of drug-likeness (QED) is 0.930. The Morgan fingerprint density at radius 3 is 2.33 bits per heavy atom. The Morgan fingerprint density at radius 1 is 1.06 bits per heavy atom. The van der Waals surface area contributed by atoms with E-state index < -0.39 is 0 Å². The van der Waals surface area contributed by atoms with Crippen molar-refractivity contribution in [2.75, 3.05) is 6.54 Å². The molecule has 0 spiro atoms. The molecular formula is C14H13BrFNO. The molecule has 0 aliphatic rings. The van der Waals surface area contributed by atoms with Crippen molar-refractivity contribution >= 4 is 15.9 Å². The molecule has 0 radical (unpaired) electrons. The van der Waals surface area contributed by atoms with Gasteiger partial charge in [-0.3, -0.25) is 0 Å². The van der Waals surface area contributed by atoms with Crippen molar-refractivity contribution in [3.8, 4) is 11.5 Å². The van der Waals surface area contributed by atoms with Crippen LogP contribution >= 0.6 is 15.9 Å². The first-order chi connectivity index (χ1) is 8.69. The Labute approximate surface area is 114 Å².